The Morgan fingerprint density at radius 1 is 0.175 bits per heavy atom. The van der Waals surface area contributed by atoms with Crippen molar-refractivity contribution in [1.82, 2.24) is 48.2 Å². The first-order chi connectivity index (χ1) is 88.7. The molecule has 0 spiro atoms. The molecule has 6 heterocycles. The molecular formula is C114H78N10Si2. The van der Waals surface area contributed by atoms with Crippen molar-refractivity contribution >= 4 is 145 Å². The number of para-hydroxylation sites is 8. The Kier molecular flexibility index (Phi) is 8.55. The highest BCUT2D eigenvalue weighted by molar-refractivity contribution is 7.20. The summed E-state index contributed by atoms with van der Waals surface area (Å²) in [6, 6.07) is -38.9. The van der Waals surface area contributed by atoms with Gasteiger partial charge in [0.05, 0.1) is 130 Å². The van der Waals surface area contributed by atoms with Crippen molar-refractivity contribution in [2.45, 2.75) is 0 Å². The highest BCUT2D eigenvalue weighted by atomic mass is 28.3. The summed E-state index contributed by atoms with van der Waals surface area (Å²) in [5.41, 5.74) is -9.44. The first-order valence-corrected chi connectivity index (χ1v) is 41.6. The maximum absolute atomic E-state index is 10.8. The Hall–Kier alpha value is -16.4. The molecule has 1 atom stereocenters. The minimum absolute atomic E-state index is 0.135. The Bertz CT molecular complexity index is 11600. The number of aromatic nitrogens is 10. The Balaban J connectivity index is 0.000000198. The predicted molar refractivity (Wildman–Crippen MR) is 526 cm³/mol. The summed E-state index contributed by atoms with van der Waals surface area (Å²) >= 11 is 0. The first kappa shape index (κ1) is 34.1. The number of nitrogens with zero attached hydrogens (tertiary/aromatic N) is 10. The molecule has 18 aromatic carbocycles. The van der Waals surface area contributed by atoms with Gasteiger partial charge in [-0.1, -0.05) is 423 Å². The smallest absolute Gasteiger partial charge is 0.240 e. The maximum Gasteiger partial charge on any atom is 0.240 e. The molecule has 10 nitrogen and oxygen atoms in total. The standard InChI is InChI=1S/2C57H39N5Si/c2*1-4-20-40(21-5-1)41-22-18-28-45(38-41)63(43-24-6-2-7-25-43,44-26-8-3-9-27-44)46-29-19-23-42(39-46)55-58-56(61-51-34-14-10-30-47(51)48-31-11-15-35-52(48)61)60-57(59-55)62-53-36-16-12-32-49(53)50-33-13-17-37-54(50)62/h2*1-39H/i1D,2D,3D,4D,5D,6D,7D,8D,9D,10D,11D,12D,13D,14D,15D,16D,17D,18D,19D,20D,21D,22D,23D,24D,25D,26D,28D,29D,30D,31D,32D,33D,34D,35D,36D,37D,38D,39D;1D,4D,5D,10D,11D,12D,13D,14D,15D,16D,17D,19D,20D,21D,23D,29D,30D,31D,32D,33D,34D,35D,36D,37D,39D. The molecule has 1 unspecified atom stereocenters. The van der Waals surface area contributed by atoms with Crippen molar-refractivity contribution in [3.05, 3.63) is 472 Å². The highest BCUT2D eigenvalue weighted by Gasteiger charge is 2.44. The lowest BCUT2D eigenvalue weighted by Crippen LogP contribution is -2.74. The van der Waals surface area contributed by atoms with Crippen molar-refractivity contribution < 1.29 is 86.4 Å². The SMILES string of the molecule is [2H]c1c([2H])c([2H])c(-c2cccc([Si](c3ccccc3)(c3ccccc3)c3c([2H])c([2H])c([2H])c(-c4nc(-n5c6c([2H])c([2H])c([2H])c([2H])c6c6c([2H])c([2H])c([2H])c([2H])c65)nc(-n5c6c([2H])c([2H])c([2H])c([2H])c6c6c([2H])c([2H])c([2H])c([2H])c65)n4)c3[2H])c2)c([2H])c1[2H].[2H]c1cc([Si](c2c([2H])c([2H])c([2H])c([2H])c2[2H])(c2c([2H])c([2H])c([2H])c(-c3nc(-n4c5c([2H])c([2H])c([2H])c([2H])c5c5c([2H])c([2H])c([2H])c([2H])c54)nc(-n4c5c([2H])c([2H])c([2H])c([2H])c5c5c([2H])c([2H])c([2H])c([2H])c54)n3)c2[2H])c2c([2H])c([2H])c([2H])c(-c3c([2H])c([2H])c([2H])c([2H])c3[2H])c2[2H])c([2H])c([2H])c1[2H]. The topological polar surface area (TPSA) is 97.1 Å². The third kappa shape index (κ3) is 12.6. The Morgan fingerprint density at radius 2 is 0.437 bits per heavy atom. The van der Waals surface area contributed by atoms with Gasteiger partial charge in [-0.05, 0) is 112 Å². The molecule has 24 rings (SSSR count). The van der Waals surface area contributed by atoms with Crippen molar-refractivity contribution in [1.29, 1.82) is 0 Å². The lowest BCUT2D eigenvalue weighted by atomic mass is 10.1. The van der Waals surface area contributed by atoms with Crippen LogP contribution in [0, 0.1) is 0 Å². The van der Waals surface area contributed by atoms with Gasteiger partial charge in [-0.2, -0.15) is 29.9 Å². The van der Waals surface area contributed by atoms with Crippen molar-refractivity contribution in [3.8, 4) is 68.8 Å². The third-order valence-electron chi connectivity index (χ3n) is 20.7. The van der Waals surface area contributed by atoms with Crippen LogP contribution in [-0.4, -0.2) is 64.3 Å². The molecule has 0 aliphatic carbocycles. The van der Waals surface area contributed by atoms with Crippen LogP contribution < -0.4 is 41.5 Å². The molecule has 0 amide bonds. The van der Waals surface area contributed by atoms with Crippen LogP contribution in [0.5, 0.6) is 0 Å². The molecule has 0 aliphatic rings. The van der Waals surface area contributed by atoms with Crippen LogP contribution in [0.15, 0.2) is 472 Å². The molecule has 592 valence electrons. The fourth-order valence-corrected chi connectivity index (χ4v) is 23.7. The van der Waals surface area contributed by atoms with Crippen LogP contribution >= 0.6 is 0 Å². The zero-order valence-corrected chi connectivity index (χ0v) is 65.6. The molecule has 0 saturated carbocycles. The van der Waals surface area contributed by atoms with Gasteiger partial charge >= 0.3 is 0 Å². The summed E-state index contributed by atoms with van der Waals surface area (Å²) in [6.07, 6.45) is 0. The summed E-state index contributed by atoms with van der Waals surface area (Å²) < 4.78 is 583. The van der Waals surface area contributed by atoms with E-state index >= 15 is 0 Å². The van der Waals surface area contributed by atoms with Gasteiger partial charge in [0.1, 0.15) is 0 Å². The average Bonchev–Trinajstić information content (AvgIpc) is 1.60. The predicted octanol–water partition coefficient (Wildman–Crippen LogP) is 21.6. The van der Waals surface area contributed by atoms with Crippen molar-refractivity contribution in [2.75, 3.05) is 0 Å². The van der Waals surface area contributed by atoms with E-state index in [1.54, 1.807) is 78.9 Å². The maximum atomic E-state index is 10.8. The van der Waals surface area contributed by atoms with Gasteiger partial charge in [0, 0.05) is 54.2 Å². The lowest BCUT2D eigenvalue weighted by Gasteiger charge is -2.35. The van der Waals surface area contributed by atoms with Crippen LogP contribution in [0.2, 0.25) is 0 Å². The molecule has 126 heavy (non-hydrogen) atoms. The number of rotatable bonds is 16. The van der Waals surface area contributed by atoms with Crippen LogP contribution in [0.4, 0.5) is 0 Å². The molecule has 0 fully saturated rings. The van der Waals surface area contributed by atoms with Gasteiger partial charge < -0.3 is 0 Å². The molecule has 0 saturated heterocycles. The number of fused-ring (bicyclic) bond motifs is 12. The monoisotopic (exact) mass is 1710 g/mol. The molecule has 0 bridgehead atoms. The largest absolute Gasteiger partial charge is 0.278 e. The molecule has 6 aromatic heterocycles. The Morgan fingerprint density at radius 3 is 0.794 bits per heavy atom. The van der Waals surface area contributed by atoms with E-state index in [0.29, 0.717) is 30.8 Å². The van der Waals surface area contributed by atoms with Gasteiger partial charge in [-0.25, -0.2) is 0 Å². The second-order valence-electron chi connectivity index (χ2n) is 27.3. The molecule has 0 radical (unpaired) electrons. The van der Waals surface area contributed by atoms with E-state index in [4.69, 9.17) is 56.1 Å². The van der Waals surface area contributed by atoms with E-state index in [-0.39, 0.29) is 16.3 Å². The minimum atomic E-state index is -6.71. The van der Waals surface area contributed by atoms with Crippen LogP contribution in [0.1, 0.15) is 86.4 Å². The van der Waals surface area contributed by atoms with Gasteiger partial charge in [-0.3, -0.25) is 18.3 Å². The summed E-state index contributed by atoms with van der Waals surface area (Å²) in [6.45, 7) is 0. The second kappa shape index (κ2) is 31.6. The van der Waals surface area contributed by atoms with E-state index < -0.39 is 562 Å². The Labute approximate surface area is 818 Å². The highest BCUT2D eigenvalue weighted by Crippen LogP contribution is 2.38. The summed E-state index contributed by atoms with van der Waals surface area (Å²) in [7, 11) is -11.2. The molecule has 24 aromatic rings. The molecule has 0 aliphatic heterocycles. The summed E-state index contributed by atoms with van der Waals surface area (Å²) in [4.78, 5) is 28.1. The quantitative estimate of drug-likeness (QED) is 0.0706. The lowest BCUT2D eigenvalue weighted by molar-refractivity contribution is 0.892. The van der Waals surface area contributed by atoms with Crippen molar-refractivity contribution in [2.24, 2.45) is 0 Å². The zero-order chi connectivity index (χ0) is 138. The van der Waals surface area contributed by atoms with Crippen LogP contribution in [-0.2, 0) is 0 Å². The summed E-state index contributed by atoms with van der Waals surface area (Å²) in [5, 5.41) is -8.29. The molecular weight excluding hydrogens is 1570 g/mol. The van der Waals surface area contributed by atoms with Crippen LogP contribution in [0.25, 0.3) is 156 Å². The number of benzene rings is 18. The normalized spacial score (nSPS) is 19.2. The van der Waals surface area contributed by atoms with E-state index in [1.807, 2.05) is 0 Å². The van der Waals surface area contributed by atoms with E-state index in [0.717, 1.165) is 9.13 Å². The third-order valence-corrected chi connectivity index (χ3v) is 29.3. The number of hydrogen-bond acceptors (Lipinski definition) is 6. The van der Waals surface area contributed by atoms with E-state index in [2.05, 4.69) is 15.0 Å². The number of hydrogen-bond donors (Lipinski definition) is 0. The average molecular weight is 1710 g/mol. The fraction of sp³-hybridized carbons (Fsp3) is 0. The fourth-order valence-electron chi connectivity index (χ4n) is 15.4. The van der Waals surface area contributed by atoms with Crippen LogP contribution in [0.3, 0.4) is 0 Å². The van der Waals surface area contributed by atoms with E-state index in [1.165, 1.54) is 6.07 Å². The van der Waals surface area contributed by atoms with Gasteiger partial charge in [0.2, 0.25) is 23.8 Å². The second-order valence-corrected chi connectivity index (χ2v) is 34.6. The van der Waals surface area contributed by atoms with E-state index in [9.17, 15) is 45.2 Å². The molecule has 12 heteroatoms. The minimum Gasteiger partial charge on any atom is -0.278 e. The zero-order valence-electron chi connectivity index (χ0n) is 127. The first-order valence-electron chi connectivity index (χ1n) is 69.1. The van der Waals surface area contributed by atoms with Gasteiger partial charge in [0.25, 0.3) is 0 Å². The van der Waals surface area contributed by atoms with Gasteiger partial charge in [0.15, 0.2) is 27.8 Å². The van der Waals surface area contributed by atoms with Gasteiger partial charge in [-0.15, -0.1) is 0 Å². The summed E-state index contributed by atoms with van der Waals surface area (Å²) in [5.74, 6) is -5.96. The van der Waals surface area contributed by atoms with Crippen molar-refractivity contribution in [3.63, 3.8) is 0 Å². The molecule has 0 N–H and O–H groups in total.